The Morgan fingerprint density at radius 2 is 1.85 bits per heavy atom. The number of nitriles is 1. The number of benzene rings is 3. The van der Waals surface area contributed by atoms with E-state index >= 15 is 0 Å². The van der Waals surface area contributed by atoms with Gasteiger partial charge in [-0.25, -0.2) is 0 Å². The van der Waals surface area contributed by atoms with Crippen LogP contribution in [0.1, 0.15) is 27.8 Å². The molecule has 0 saturated carbocycles. The van der Waals surface area contributed by atoms with Crippen molar-refractivity contribution in [1.29, 1.82) is 5.26 Å². The Hall–Kier alpha value is -3.31. The number of amides is 1. The summed E-state index contributed by atoms with van der Waals surface area (Å²) in [6.07, 6.45) is 1.55. The van der Waals surface area contributed by atoms with Gasteiger partial charge in [0, 0.05) is 5.69 Å². The molecule has 0 aliphatic heterocycles. The van der Waals surface area contributed by atoms with Crippen molar-refractivity contribution in [2.75, 3.05) is 12.4 Å². The molecule has 3 rings (SSSR count). The number of carbonyl (C=O) groups is 1. The summed E-state index contributed by atoms with van der Waals surface area (Å²) in [4.78, 5) is 12.7. The second-order valence-electron chi connectivity index (χ2n) is 7.68. The average molecular weight is 552 g/mol. The SMILES string of the molecule is COc1cc(/C=C(/C#N)C(=O)Nc2cccc(C)c2C)cc(I)c1OCc1ccc(C)cc1. The molecule has 168 valence electrons. The van der Waals surface area contributed by atoms with E-state index < -0.39 is 5.91 Å². The van der Waals surface area contributed by atoms with Crippen LogP contribution >= 0.6 is 22.6 Å². The minimum Gasteiger partial charge on any atom is -0.493 e. The van der Waals surface area contributed by atoms with Gasteiger partial charge in [-0.15, -0.1) is 0 Å². The number of nitrogens with one attached hydrogen (secondary N) is 1. The lowest BCUT2D eigenvalue weighted by Crippen LogP contribution is -2.14. The zero-order valence-electron chi connectivity index (χ0n) is 19.0. The van der Waals surface area contributed by atoms with Gasteiger partial charge in [0.2, 0.25) is 0 Å². The molecule has 1 N–H and O–H groups in total. The van der Waals surface area contributed by atoms with Gasteiger partial charge in [0.1, 0.15) is 18.2 Å². The summed E-state index contributed by atoms with van der Waals surface area (Å²) in [5.74, 6) is 0.696. The summed E-state index contributed by atoms with van der Waals surface area (Å²) in [6.45, 7) is 6.36. The first-order valence-electron chi connectivity index (χ1n) is 10.4. The molecule has 0 bridgehead atoms. The topological polar surface area (TPSA) is 71.3 Å². The Kier molecular flexibility index (Phi) is 8.12. The van der Waals surface area contributed by atoms with E-state index in [2.05, 4.69) is 27.9 Å². The number of methoxy groups -OCH3 is 1. The van der Waals surface area contributed by atoms with E-state index in [9.17, 15) is 10.1 Å². The number of nitrogens with zero attached hydrogens (tertiary/aromatic N) is 1. The summed E-state index contributed by atoms with van der Waals surface area (Å²) >= 11 is 2.17. The summed E-state index contributed by atoms with van der Waals surface area (Å²) in [5.41, 5.74) is 5.64. The molecule has 0 radical (unpaired) electrons. The molecule has 33 heavy (non-hydrogen) atoms. The van der Waals surface area contributed by atoms with Crippen molar-refractivity contribution in [3.63, 3.8) is 0 Å². The van der Waals surface area contributed by atoms with E-state index in [0.29, 0.717) is 29.4 Å². The number of aryl methyl sites for hydroxylation is 2. The number of carbonyl (C=O) groups excluding carboxylic acids is 1. The molecule has 0 aliphatic carbocycles. The Bertz CT molecular complexity index is 1240. The minimum absolute atomic E-state index is 0.00193. The van der Waals surface area contributed by atoms with Gasteiger partial charge in [0.05, 0.1) is 10.7 Å². The third-order valence-electron chi connectivity index (χ3n) is 5.28. The third-order valence-corrected chi connectivity index (χ3v) is 6.09. The van der Waals surface area contributed by atoms with E-state index in [0.717, 1.165) is 20.3 Å². The fraction of sp³-hybridized carbons (Fsp3) is 0.185. The fourth-order valence-electron chi connectivity index (χ4n) is 3.19. The molecule has 0 unspecified atom stereocenters. The van der Waals surface area contributed by atoms with Crippen molar-refractivity contribution in [3.05, 3.63) is 91.6 Å². The van der Waals surface area contributed by atoms with E-state index in [1.165, 1.54) is 5.56 Å². The lowest BCUT2D eigenvalue weighted by molar-refractivity contribution is -0.112. The highest BCUT2D eigenvalue weighted by atomic mass is 127. The number of anilines is 1. The van der Waals surface area contributed by atoms with Crippen LogP contribution < -0.4 is 14.8 Å². The molecular formula is C27H25IN2O3. The largest absolute Gasteiger partial charge is 0.493 e. The van der Waals surface area contributed by atoms with Gasteiger partial charge in [-0.2, -0.15) is 5.26 Å². The van der Waals surface area contributed by atoms with Crippen LogP contribution in [0.4, 0.5) is 5.69 Å². The highest BCUT2D eigenvalue weighted by molar-refractivity contribution is 14.1. The standard InChI is InChI=1S/C27H25IN2O3/c1-17-8-10-20(11-9-17)16-33-26-23(28)13-21(14-25(26)32-4)12-22(15-29)27(31)30-24-7-5-6-18(2)19(24)3/h5-14H,16H2,1-4H3,(H,30,31)/b22-12-. The van der Waals surface area contributed by atoms with Crippen LogP contribution in [0.15, 0.2) is 60.2 Å². The van der Waals surface area contributed by atoms with Crippen molar-refractivity contribution < 1.29 is 14.3 Å². The van der Waals surface area contributed by atoms with Gasteiger partial charge in [-0.1, -0.05) is 42.0 Å². The van der Waals surface area contributed by atoms with Crippen LogP contribution in [-0.4, -0.2) is 13.0 Å². The molecule has 0 spiro atoms. The van der Waals surface area contributed by atoms with Gasteiger partial charge in [0.15, 0.2) is 11.5 Å². The molecule has 0 aromatic heterocycles. The van der Waals surface area contributed by atoms with Crippen LogP contribution in [-0.2, 0) is 11.4 Å². The molecule has 0 fully saturated rings. The predicted octanol–water partition coefficient (Wildman–Crippen LogP) is 6.35. The molecule has 0 saturated heterocycles. The highest BCUT2D eigenvalue weighted by Gasteiger charge is 2.15. The first-order valence-corrected chi connectivity index (χ1v) is 11.5. The normalized spacial score (nSPS) is 11.0. The van der Waals surface area contributed by atoms with E-state index in [-0.39, 0.29) is 5.57 Å². The van der Waals surface area contributed by atoms with Crippen LogP contribution in [0.2, 0.25) is 0 Å². The Balaban J connectivity index is 1.83. The molecule has 0 heterocycles. The van der Waals surface area contributed by atoms with Crippen molar-refractivity contribution >= 4 is 40.3 Å². The number of rotatable bonds is 7. The zero-order chi connectivity index (χ0) is 24.0. The van der Waals surface area contributed by atoms with Gasteiger partial charge < -0.3 is 14.8 Å². The number of hydrogen-bond acceptors (Lipinski definition) is 4. The van der Waals surface area contributed by atoms with Gasteiger partial charge in [0.25, 0.3) is 5.91 Å². The van der Waals surface area contributed by atoms with Crippen molar-refractivity contribution in [2.24, 2.45) is 0 Å². The third kappa shape index (κ3) is 6.14. The Morgan fingerprint density at radius 3 is 2.52 bits per heavy atom. The maximum absolute atomic E-state index is 12.7. The second-order valence-corrected chi connectivity index (χ2v) is 8.84. The smallest absolute Gasteiger partial charge is 0.266 e. The first kappa shape index (κ1) is 24.3. The maximum atomic E-state index is 12.7. The average Bonchev–Trinajstić information content (AvgIpc) is 2.80. The monoisotopic (exact) mass is 552 g/mol. The molecule has 0 aliphatic rings. The van der Waals surface area contributed by atoms with Crippen LogP contribution in [0, 0.1) is 35.7 Å². The highest BCUT2D eigenvalue weighted by Crippen LogP contribution is 2.35. The molecule has 5 nitrogen and oxygen atoms in total. The number of ether oxygens (including phenoxy) is 2. The van der Waals surface area contributed by atoms with Crippen LogP contribution in [0.3, 0.4) is 0 Å². The minimum atomic E-state index is -0.458. The second kappa shape index (κ2) is 11.0. The number of halogens is 1. The summed E-state index contributed by atoms with van der Waals surface area (Å²) in [5, 5.41) is 12.4. The Labute approximate surface area is 208 Å². The zero-order valence-corrected chi connectivity index (χ0v) is 21.2. The summed E-state index contributed by atoms with van der Waals surface area (Å²) < 4.78 is 12.4. The van der Waals surface area contributed by atoms with Crippen molar-refractivity contribution in [3.8, 4) is 17.6 Å². The Morgan fingerprint density at radius 1 is 1.12 bits per heavy atom. The van der Waals surface area contributed by atoms with E-state index in [1.54, 1.807) is 19.3 Å². The molecule has 3 aromatic carbocycles. The predicted molar refractivity (Wildman–Crippen MR) is 139 cm³/mol. The van der Waals surface area contributed by atoms with Crippen molar-refractivity contribution in [1.82, 2.24) is 0 Å². The van der Waals surface area contributed by atoms with Crippen LogP contribution in [0.25, 0.3) is 6.08 Å². The van der Waals surface area contributed by atoms with Gasteiger partial charge >= 0.3 is 0 Å². The van der Waals surface area contributed by atoms with Crippen LogP contribution in [0.5, 0.6) is 11.5 Å². The lowest BCUT2D eigenvalue weighted by atomic mass is 10.1. The van der Waals surface area contributed by atoms with E-state index in [4.69, 9.17) is 9.47 Å². The molecule has 6 heteroatoms. The quantitative estimate of drug-likeness (QED) is 0.211. The number of hydrogen-bond donors (Lipinski definition) is 1. The molecule has 3 aromatic rings. The maximum Gasteiger partial charge on any atom is 0.266 e. The molecular weight excluding hydrogens is 527 g/mol. The first-order chi connectivity index (χ1) is 15.8. The summed E-state index contributed by atoms with van der Waals surface area (Å²) in [7, 11) is 1.57. The summed E-state index contributed by atoms with van der Waals surface area (Å²) in [6, 6.07) is 19.4. The van der Waals surface area contributed by atoms with E-state index in [1.807, 2.05) is 75.4 Å². The van der Waals surface area contributed by atoms with Gasteiger partial charge in [-0.05, 0) is 89.9 Å². The molecule has 1 amide bonds. The van der Waals surface area contributed by atoms with Crippen molar-refractivity contribution in [2.45, 2.75) is 27.4 Å². The van der Waals surface area contributed by atoms with Gasteiger partial charge in [-0.3, -0.25) is 4.79 Å². The fourth-order valence-corrected chi connectivity index (χ4v) is 3.98. The molecule has 0 atom stereocenters. The lowest BCUT2D eigenvalue weighted by Gasteiger charge is -2.14.